The molecule has 0 radical (unpaired) electrons. The summed E-state index contributed by atoms with van der Waals surface area (Å²) < 4.78 is 42.9. The Hall–Kier alpha value is -2.58. The molecule has 2 rings (SSSR count). The summed E-state index contributed by atoms with van der Waals surface area (Å²) in [7, 11) is -0.797. The van der Waals surface area contributed by atoms with Crippen LogP contribution < -0.4 is 0 Å². The van der Waals surface area contributed by atoms with Gasteiger partial charge in [0.05, 0.1) is 10.5 Å². The molecule has 0 heterocycles. The monoisotopic (exact) mass is 365 g/mol. The van der Waals surface area contributed by atoms with Gasteiger partial charge in [-0.1, -0.05) is 12.1 Å². The van der Waals surface area contributed by atoms with Gasteiger partial charge in [-0.3, -0.25) is 4.79 Å². The van der Waals surface area contributed by atoms with Crippen molar-refractivity contribution >= 4 is 21.8 Å². The first-order valence-corrected chi connectivity index (χ1v) is 8.64. The molecule has 0 aromatic heterocycles. The molecule has 0 aliphatic rings. The number of Topliss-reactive ketones (excluding diaryl/α,β-unsaturated/α-hetero) is 1. The Morgan fingerprint density at radius 3 is 2.24 bits per heavy atom. The minimum Gasteiger partial charge on any atom is -0.454 e. The summed E-state index contributed by atoms with van der Waals surface area (Å²) in [6, 6.07) is 10.2. The number of carbonyl (C=O) groups is 2. The summed E-state index contributed by atoms with van der Waals surface area (Å²) in [5, 5.41) is 0. The van der Waals surface area contributed by atoms with Gasteiger partial charge >= 0.3 is 5.97 Å². The first kappa shape index (κ1) is 18.8. The number of nitrogens with zero attached hydrogens (tertiary/aromatic N) is 1. The molecule has 0 unspecified atom stereocenters. The average Bonchev–Trinajstić information content (AvgIpc) is 2.59. The fraction of sp³-hybridized carbons (Fsp3) is 0.176. The molecule has 0 atom stereocenters. The first-order chi connectivity index (χ1) is 11.7. The molecule has 0 N–H and O–H groups in total. The van der Waals surface area contributed by atoms with Crippen molar-refractivity contribution in [1.29, 1.82) is 0 Å². The maximum atomic E-state index is 13.1. The highest BCUT2D eigenvalue weighted by atomic mass is 32.2. The Bertz CT molecular complexity index is 892. The molecule has 2 aromatic rings. The second-order valence-corrected chi connectivity index (χ2v) is 7.47. The third kappa shape index (κ3) is 4.49. The van der Waals surface area contributed by atoms with E-state index in [-0.39, 0.29) is 16.0 Å². The zero-order valence-corrected chi connectivity index (χ0v) is 14.4. The van der Waals surface area contributed by atoms with Crippen molar-refractivity contribution in [2.45, 2.75) is 4.90 Å². The minimum absolute atomic E-state index is 0.0323. The molecule has 132 valence electrons. The fourth-order valence-electron chi connectivity index (χ4n) is 1.93. The van der Waals surface area contributed by atoms with Crippen LogP contribution >= 0.6 is 0 Å². The Labute approximate surface area is 144 Å². The van der Waals surface area contributed by atoms with Gasteiger partial charge in [-0.05, 0) is 36.4 Å². The quantitative estimate of drug-likeness (QED) is 0.579. The van der Waals surface area contributed by atoms with Crippen molar-refractivity contribution in [3.63, 3.8) is 0 Å². The van der Waals surface area contributed by atoms with Gasteiger partial charge in [0, 0.05) is 19.7 Å². The Morgan fingerprint density at radius 2 is 1.68 bits per heavy atom. The number of carbonyl (C=O) groups excluding carboxylic acids is 2. The van der Waals surface area contributed by atoms with E-state index in [4.69, 9.17) is 4.74 Å². The lowest BCUT2D eigenvalue weighted by Crippen LogP contribution is -2.22. The van der Waals surface area contributed by atoms with Crippen molar-refractivity contribution in [2.24, 2.45) is 0 Å². The number of benzene rings is 2. The molecule has 6 nitrogen and oxygen atoms in total. The number of hydrogen-bond acceptors (Lipinski definition) is 5. The molecule has 2 aromatic carbocycles. The molecular weight excluding hydrogens is 349 g/mol. The molecule has 0 spiro atoms. The van der Waals surface area contributed by atoms with Crippen molar-refractivity contribution in [1.82, 2.24) is 4.31 Å². The van der Waals surface area contributed by atoms with Gasteiger partial charge in [-0.25, -0.2) is 21.9 Å². The third-order valence-corrected chi connectivity index (χ3v) is 5.18. The number of sulfonamides is 1. The fourth-order valence-corrected chi connectivity index (χ4v) is 2.84. The van der Waals surface area contributed by atoms with Crippen molar-refractivity contribution in [3.8, 4) is 0 Å². The summed E-state index contributed by atoms with van der Waals surface area (Å²) in [4.78, 5) is 23.8. The molecule has 0 aliphatic heterocycles. The Kier molecular flexibility index (Phi) is 5.66. The van der Waals surface area contributed by atoms with Crippen LogP contribution in [0.15, 0.2) is 53.4 Å². The first-order valence-electron chi connectivity index (χ1n) is 7.20. The van der Waals surface area contributed by atoms with Gasteiger partial charge in [-0.2, -0.15) is 0 Å². The highest BCUT2D eigenvalue weighted by Crippen LogP contribution is 2.14. The number of ether oxygens (including phenoxy) is 1. The highest BCUT2D eigenvalue weighted by Gasteiger charge is 2.18. The van der Waals surface area contributed by atoms with Crippen molar-refractivity contribution < 1.29 is 27.1 Å². The van der Waals surface area contributed by atoms with Crippen LogP contribution in [0.2, 0.25) is 0 Å². The molecule has 8 heteroatoms. The van der Waals surface area contributed by atoms with Crippen LogP contribution in [-0.2, 0) is 14.8 Å². The number of esters is 1. The van der Waals surface area contributed by atoms with Gasteiger partial charge in [-0.15, -0.1) is 0 Å². The van der Waals surface area contributed by atoms with Crippen LogP contribution in [-0.4, -0.2) is 45.2 Å². The summed E-state index contributed by atoms with van der Waals surface area (Å²) in [6.45, 7) is -0.542. The second kappa shape index (κ2) is 7.54. The van der Waals surface area contributed by atoms with Crippen LogP contribution in [0.25, 0.3) is 0 Å². The van der Waals surface area contributed by atoms with Gasteiger partial charge in [0.25, 0.3) is 0 Å². The maximum absolute atomic E-state index is 13.1. The van der Waals surface area contributed by atoms with E-state index in [2.05, 4.69) is 0 Å². The standard InChI is InChI=1S/C17H16FNO5S/c1-19(2)25(22,23)15-8-6-12(7-9-15)17(21)24-11-16(20)13-4-3-5-14(18)10-13/h3-10H,11H2,1-2H3. The highest BCUT2D eigenvalue weighted by molar-refractivity contribution is 7.89. The van der Waals surface area contributed by atoms with E-state index in [1.54, 1.807) is 0 Å². The van der Waals surface area contributed by atoms with E-state index in [1.165, 1.54) is 56.6 Å². The Morgan fingerprint density at radius 1 is 1.04 bits per heavy atom. The summed E-state index contributed by atoms with van der Waals surface area (Å²) in [5.41, 5.74) is 0.199. The van der Waals surface area contributed by atoms with Crippen LogP contribution in [0.4, 0.5) is 4.39 Å². The molecule has 0 saturated carbocycles. The lowest BCUT2D eigenvalue weighted by molar-refractivity contribution is 0.0474. The largest absolute Gasteiger partial charge is 0.454 e. The van der Waals surface area contributed by atoms with E-state index in [0.29, 0.717) is 0 Å². The SMILES string of the molecule is CN(C)S(=O)(=O)c1ccc(C(=O)OCC(=O)c2cccc(F)c2)cc1. The number of ketones is 1. The predicted molar refractivity (Wildman–Crippen MR) is 88.3 cm³/mol. The molecule has 0 saturated heterocycles. The predicted octanol–water partition coefficient (Wildman–Crippen LogP) is 2.12. The average molecular weight is 365 g/mol. The Balaban J connectivity index is 2.03. The number of hydrogen-bond donors (Lipinski definition) is 0. The lowest BCUT2D eigenvalue weighted by atomic mass is 10.1. The summed E-state index contributed by atoms with van der Waals surface area (Å²) in [5.74, 6) is -1.88. The van der Waals surface area contributed by atoms with Crippen molar-refractivity contribution in [3.05, 3.63) is 65.5 Å². The van der Waals surface area contributed by atoms with Gasteiger partial charge in [0.1, 0.15) is 5.82 Å². The maximum Gasteiger partial charge on any atom is 0.338 e. The van der Waals surface area contributed by atoms with Crippen LogP contribution in [0.1, 0.15) is 20.7 Å². The van der Waals surface area contributed by atoms with E-state index < -0.39 is 34.2 Å². The van der Waals surface area contributed by atoms with E-state index in [1.807, 2.05) is 0 Å². The normalized spacial score (nSPS) is 11.4. The zero-order valence-electron chi connectivity index (χ0n) is 13.6. The summed E-state index contributed by atoms with van der Waals surface area (Å²) >= 11 is 0. The van der Waals surface area contributed by atoms with Crippen LogP contribution in [0.5, 0.6) is 0 Å². The van der Waals surface area contributed by atoms with E-state index in [0.717, 1.165) is 10.4 Å². The second-order valence-electron chi connectivity index (χ2n) is 5.32. The molecule has 0 fully saturated rings. The topological polar surface area (TPSA) is 80.8 Å². The molecule has 0 bridgehead atoms. The minimum atomic E-state index is -3.59. The van der Waals surface area contributed by atoms with Gasteiger partial charge in [0.15, 0.2) is 12.4 Å². The molecular formula is C17H16FNO5S. The van der Waals surface area contributed by atoms with Gasteiger partial charge < -0.3 is 4.74 Å². The number of halogens is 1. The van der Waals surface area contributed by atoms with Crippen molar-refractivity contribution in [2.75, 3.05) is 20.7 Å². The van der Waals surface area contributed by atoms with Crippen LogP contribution in [0, 0.1) is 5.82 Å². The van der Waals surface area contributed by atoms with E-state index >= 15 is 0 Å². The van der Waals surface area contributed by atoms with Gasteiger partial charge in [0.2, 0.25) is 10.0 Å². The summed E-state index contributed by atoms with van der Waals surface area (Å²) in [6.07, 6.45) is 0. The van der Waals surface area contributed by atoms with E-state index in [9.17, 15) is 22.4 Å². The van der Waals surface area contributed by atoms with Crippen LogP contribution in [0.3, 0.4) is 0 Å². The number of rotatable bonds is 6. The lowest BCUT2D eigenvalue weighted by Gasteiger charge is -2.11. The smallest absolute Gasteiger partial charge is 0.338 e. The molecule has 0 aliphatic carbocycles. The third-order valence-electron chi connectivity index (χ3n) is 3.35. The molecule has 25 heavy (non-hydrogen) atoms. The molecule has 0 amide bonds. The zero-order chi connectivity index (χ0) is 18.6.